The molecular weight excluding hydrogens is 427 g/mol. The Morgan fingerprint density at radius 1 is 1.27 bits per heavy atom. The van der Waals surface area contributed by atoms with Gasteiger partial charge in [0.2, 0.25) is 0 Å². The van der Waals surface area contributed by atoms with Crippen LogP contribution < -0.4 is 5.32 Å². The van der Waals surface area contributed by atoms with Gasteiger partial charge in [0.1, 0.15) is 12.2 Å². The monoisotopic (exact) mass is 450 g/mol. The molecule has 160 valence electrons. The van der Waals surface area contributed by atoms with Crippen LogP contribution in [0.5, 0.6) is 0 Å². The van der Waals surface area contributed by atoms with Crippen molar-refractivity contribution in [3.63, 3.8) is 0 Å². The molecule has 0 spiro atoms. The topological polar surface area (TPSA) is 71.5 Å². The maximum atomic E-state index is 13.5. The summed E-state index contributed by atoms with van der Waals surface area (Å²) >= 11 is 12.1. The predicted octanol–water partition coefficient (Wildman–Crippen LogP) is 2.54. The van der Waals surface area contributed by atoms with Gasteiger partial charge in [-0.3, -0.25) is 20.0 Å². The zero-order valence-corrected chi connectivity index (χ0v) is 18.6. The molecule has 0 aliphatic carbocycles. The van der Waals surface area contributed by atoms with Crippen LogP contribution in [-0.2, 0) is 11.3 Å². The van der Waals surface area contributed by atoms with E-state index in [4.69, 9.17) is 23.2 Å². The lowest BCUT2D eigenvalue weighted by atomic mass is 10.1. The Labute approximate surface area is 185 Å². The minimum atomic E-state index is -0.501. The molecule has 3 amide bonds. The smallest absolute Gasteiger partial charge is 0.310 e. The molecule has 1 aromatic carbocycles. The number of hydrazone groups is 1. The van der Waals surface area contributed by atoms with E-state index in [1.807, 2.05) is 31.0 Å². The lowest BCUT2D eigenvalue weighted by molar-refractivity contribution is -0.139. The molecule has 3 aliphatic rings. The summed E-state index contributed by atoms with van der Waals surface area (Å²) in [5.74, 6) is -0.232. The van der Waals surface area contributed by atoms with Crippen molar-refractivity contribution in [3.05, 3.63) is 46.0 Å². The fraction of sp³-hybridized carbons (Fsp3) is 0.450. The number of rotatable bonds is 4. The molecule has 0 radical (unpaired) electrons. The highest BCUT2D eigenvalue weighted by atomic mass is 35.5. The number of hydrogen-bond acceptors (Lipinski definition) is 6. The summed E-state index contributed by atoms with van der Waals surface area (Å²) in [5, 5.41) is 10.8. The van der Waals surface area contributed by atoms with Crippen LogP contribution in [0.1, 0.15) is 19.4 Å². The largest absolute Gasteiger partial charge is 0.328 e. The van der Waals surface area contributed by atoms with Crippen molar-refractivity contribution in [1.82, 2.24) is 25.0 Å². The van der Waals surface area contributed by atoms with Gasteiger partial charge in [0, 0.05) is 19.3 Å². The average molecular weight is 451 g/mol. The molecule has 3 heterocycles. The second kappa shape index (κ2) is 8.19. The van der Waals surface area contributed by atoms with Gasteiger partial charge in [-0.1, -0.05) is 41.4 Å². The van der Waals surface area contributed by atoms with Gasteiger partial charge in [-0.25, -0.2) is 9.69 Å². The fourth-order valence-corrected chi connectivity index (χ4v) is 4.49. The van der Waals surface area contributed by atoms with Gasteiger partial charge in [0.15, 0.2) is 6.29 Å². The van der Waals surface area contributed by atoms with Crippen LogP contribution >= 0.6 is 23.2 Å². The van der Waals surface area contributed by atoms with Gasteiger partial charge in [0.05, 0.1) is 23.1 Å². The van der Waals surface area contributed by atoms with E-state index in [1.54, 1.807) is 30.1 Å². The first-order chi connectivity index (χ1) is 14.3. The van der Waals surface area contributed by atoms with E-state index in [2.05, 4.69) is 15.3 Å². The van der Waals surface area contributed by atoms with Crippen molar-refractivity contribution in [3.8, 4) is 0 Å². The van der Waals surface area contributed by atoms with Gasteiger partial charge >= 0.3 is 6.03 Å². The van der Waals surface area contributed by atoms with Crippen molar-refractivity contribution in [1.29, 1.82) is 0 Å². The van der Waals surface area contributed by atoms with Crippen LogP contribution in [0, 0.1) is 0 Å². The van der Waals surface area contributed by atoms with E-state index in [-0.39, 0.29) is 24.8 Å². The summed E-state index contributed by atoms with van der Waals surface area (Å²) < 4.78 is 0. The summed E-state index contributed by atoms with van der Waals surface area (Å²) in [6.45, 7) is 5.20. The number of allylic oxidation sites excluding steroid dienone is 1. The molecule has 1 N–H and O–H groups in total. The second-order valence-corrected chi connectivity index (χ2v) is 8.51. The van der Waals surface area contributed by atoms with Crippen molar-refractivity contribution in [2.45, 2.75) is 38.9 Å². The number of carbonyl (C=O) groups excluding carboxylic acids is 2. The van der Waals surface area contributed by atoms with E-state index >= 15 is 0 Å². The SMILES string of the molecule is C/C=C/CN1N=C(C)CN2C3C(=O)N(Cc4ccc(Cl)c(Cl)c4)C(=O)N(C)C3NC12. The molecule has 2 saturated heterocycles. The molecule has 10 heteroatoms. The molecule has 4 rings (SSSR count). The predicted molar refractivity (Wildman–Crippen MR) is 116 cm³/mol. The molecule has 0 aromatic heterocycles. The molecule has 2 fully saturated rings. The normalized spacial score (nSPS) is 27.0. The summed E-state index contributed by atoms with van der Waals surface area (Å²) in [7, 11) is 1.71. The number of carbonyl (C=O) groups is 2. The number of halogens is 2. The lowest BCUT2D eigenvalue weighted by Gasteiger charge is -2.42. The first-order valence-electron chi connectivity index (χ1n) is 9.77. The Kier molecular flexibility index (Phi) is 5.76. The first kappa shape index (κ1) is 21.1. The van der Waals surface area contributed by atoms with Crippen molar-refractivity contribution in [2.75, 3.05) is 20.1 Å². The van der Waals surface area contributed by atoms with E-state index in [9.17, 15) is 9.59 Å². The number of nitrogens with one attached hydrogen (secondary N) is 1. The van der Waals surface area contributed by atoms with E-state index in [0.717, 1.165) is 11.3 Å². The van der Waals surface area contributed by atoms with E-state index < -0.39 is 12.2 Å². The van der Waals surface area contributed by atoms with Gasteiger partial charge < -0.3 is 4.90 Å². The molecule has 0 bridgehead atoms. The first-order valence-corrected chi connectivity index (χ1v) is 10.5. The van der Waals surface area contributed by atoms with Gasteiger partial charge in [-0.05, 0) is 31.5 Å². The minimum Gasteiger partial charge on any atom is -0.310 e. The number of urea groups is 1. The Hall–Kier alpha value is -2.13. The van der Waals surface area contributed by atoms with Crippen LogP contribution in [0.4, 0.5) is 4.79 Å². The number of benzene rings is 1. The maximum Gasteiger partial charge on any atom is 0.328 e. The zero-order chi connectivity index (χ0) is 21.6. The summed E-state index contributed by atoms with van der Waals surface area (Å²) in [4.78, 5) is 31.4. The van der Waals surface area contributed by atoms with E-state index in [0.29, 0.717) is 23.1 Å². The van der Waals surface area contributed by atoms with Crippen LogP contribution in [0.15, 0.2) is 35.5 Å². The standard InChI is InChI=1S/C20H24Cl2N6O2/c1-4-5-8-28-19-23-17-16(26(19)10-12(2)24-28)18(29)27(20(30)25(17)3)11-13-6-7-14(21)15(22)9-13/h4-7,9,16-17,19,23H,8,10-11H2,1-3H3/b5-4+. The summed E-state index contributed by atoms with van der Waals surface area (Å²) in [5.41, 5.74) is 1.66. The Morgan fingerprint density at radius 3 is 2.73 bits per heavy atom. The highest BCUT2D eigenvalue weighted by Gasteiger charge is 2.56. The highest BCUT2D eigenvalue weighted by Crippen LogP contribution is 2.31. The third-order valence-corrected chi connectivity index (χ3v) is 6.34. The summed E-state index contributed by atoms with van der Waals surface area (Å²) in [6, 6.07) is 4.27. The Morgan fingerprint density at radius 2 is 2.03 bits per heavy atom. The fourth-order valence-electron chi connectivity index (χ4n) is 4.17. The van der Waals surface area contributed by atoms with Crippen molar-refractivity contribution < 1.29 is 9.59 Å². The number of likely N-dealkylation sites (N-methyl/N-ethyl adjacent to an activating group) is 1. The number of imide groups is 1. The van der Waals surface area contributed by atoms with Crippen molar-refractivity contribution >= 4 is 40.9 Å². The molecule has 3 unspecified atom stereocenters. The lowest BCUT2D eigenvalue weighted by Crippen LogP contribution is -2.66. The maximum absolute atomic E-state index is 13.5. The van der Waals surface area contributed by atoms with Gasteiger partial charge in [-0.15, -0.1) is 0 Å². The average Bonchev–Trinajstić information content (AvgIpc) is 3.10. The van der Waals surface area contributed by atoms with Crippen LogP contribution in [0.2, 0.25) is 10.0 Å². The quantitative estimate of drug-likeness (QED) is 0.713. The molecule has 3 aliphatic heterocycles. The number of hydrogen-bond donors (Lipinski definition) is 1. The molecular formula is C20H24Cl2N6O2. The van der Waals surface area contributed by atoms with Crippen molar-refractivity contribution in [2.24, 2.45) is 5.10 Å². The molecule has 8 nitrogen and oxygen atoms in total. The van der Waals surface area contributed by atoms with E-state index in [1.165, 1.54) is 4.90 Å². The van der Waals surface area contributed by atoms with Gasteiger partial charge in [0.25, 0.3) is 5.91 Å². The Bertz CT molecular complexity index is 936. The third-order valence-electron chi connectivity index (χ3n) is 5.61. The van der Waals surface area contributed by atoms with Crippen LogP contribution in [-0.4, -0.2) is 76.0 Å². The second-order valence-electron chi connectivity index (χ2n) is 7.70. The zero-order valence-electron chi connectivity index (χ0n) is 17.0. The number of fused-ring (bicyclic) bond motifs is 3. The van der Waals surface area contributed by atoms with Crippen LogP contribution in [0.25, 0.3) is 0 Å². The van der Waals surface area contributed by atoms with Gasteiger partial charge in [-0.2, -0.15) is 5.10 Å². The highest BCUT2D eigenvalue weighted by molar-refractivity contribution is 6.42. The third kappa shape index (κ3) is 3.58. The number of nitrogens with zero attached hydrogens (tertiary/aromatic N) is 5. The number of amides is 3. The molecule has 0 saturated carbocycles. The Balaban J connectivity index is 1.62. The minimum absolute atomic E-state index is 0.135. The molecule has 1 aromatic rings. The van der Waals surface area contributed by atoms with Crippen LogP contribution in [0.3, 0.4) is 0 Å². The molecule has 3 atom stereocenters. The molecule has 30 heavy (non-hydrogen) atoms. The summed E-state index contributed by atoms with van der Waals surface area (Å²) in [6.07, 6.45) is 3.29.